The van der Waals surface area contributed by atoms with E-state index in [2.05, 4.69) is 32.9 Å². The van der Waals surface area contributed by atoms with Crippen molar-refractivity contribution in [3.05, 3.63) is 54.8 Å². The molecule has 0 aliphatic rings. The van der Waals surface area contributed by atoms with Crippen molar-refractivity contribution in [2.24, 2.45) is 0 Å². The highest BCUT2D eigenvalue weighted by molar-refractivity contribution is 5.56. The van der Waals surface area contributed by atoms with Crippen LogP contribution in [-0.4, -0.2) is 0 Å². The molecule has 0 nitrogen and oxygen atoms in total. The summed E-state index contributed by atoms with van der Waals surface area (Å²) in [7, 11) is 0. The number of hydrogen-bond donors (Lipinski definition) is 0. The second kappa shape index (κ2) is 3.38. The summed E-state index contributed by atoms with van der Waals surface area (Å²) in [4.78, 5) is 0. The fraction of sp³-hybridized carbons (Fsp3) is 0.0909. The molecule has 0 amide bonds. The van der Waals surface area contributed by atoms with Crippen molar-refractivity contribution >= 4 is 6.08 Å². The average Bonchev–Trinajstić information content (AvgIpc) is 1.98. The van der Waals surface area contributed by atoms with Crippen LogP contribution < -0.4 is 0 Å². The molecular weight excluding hydrogens is 132 g/mol. The first kappa shape index (κ1) is 8.06. The van der Waals surface area contributed by atoms with Crippen molar-refractivity contribution < 1.29 is 0 Å². The van der Waals surface area contributed by atoms with Crippen molar-refractivity contribution in [1.29, 1.82) is 0 Å². The van der Waals surface area contributed by atoms with Crippen LogP contribution in [0.3, 0.4) is 0 Å². The second-order valence-corrected chi connectivity index (χ2v) is 2.60. The highest BCUT2D eigenvalue weighted by atomic mass is 14.0. The van der Waals surface area contributed by atoms with E-state index in [-0.39, 0.29) is 0 Å². The molecule has 0 spiro atoms. The molecule has 0 saturated carbocycles. The van der Waals surface area contributed by atoms with Gasteiger partial charge in [-0.05, 0) is 31.9 Å². The number of benzene rings is 1. The van der Waals surface area contributed by atoms with Gasteiger partial charge in [-0.15, -0.1) is 0 Å². The van der Waals surface area contributed by atoms with E-state index in [1.54, 1.807) is 6.08 Å². The lowest BCUT2D eigenvalue weighted by atomic mass is 10.1. The standard InChI is InChI=1S/C11H12/c1-4-5-11-8-9(2)6-7-10(11)3/h4-8H,1,3H2,2H3/b5-4-. The highest BCUT2D eigenvalue weighted by Crippen LogP contribution is 2.11. The van der Waals surface area contributed by atoms with Crippen LogP contribution in [0.1, 0.15) is 16.7 Å². The molecule has 0 fully saturated rings. The van der Waals surface area contributed by atoms with E-state index in [0.29, 0.717) is 0 Å². The van der Waals surface area contributed by atoms with Crippen molar-refractivity contribution in [2.45, 2.75) is 6.92 Å². The minimum atomic E-state index is 1.05. The monoisotopic (exact) mass is 144 g/mol. The molecule has 0 aliphatic carbocycles. The van der Waals surface area contributed by atoms with Crippen LogP contribution in [0.4, 0.5) is 0 Å². The fourth-order valence-electron chi connectivity index (χ4n) is 0.996. The summed E-state index contributed by atoms with van der Waals surface area (Å²) < 4.78 is 0. The van der Waals surface area contributed by atoms with E-state index >= 15 is 0 Å². The van der Waals surface area contributed by atoms with Crippen LogP contribution >= 0.6 is 0 Å². The normalized spacial score (nSPS) is 10.8. The minimum Gasteiger partial charge on any atom is -0.0836 e. The molecular formula is C11H12. The number of hydrogen-bond acceptors (Lipinski definition) is 0. The molecule has 1 rings (SSSR count). The van der Waals surface area contributed by atoms with Gasteiger partial charge in [-0.1, -0.05) is 35.9 Å². The first-order valence-electron chi connectivity index (χ1n) is 3.62. The third-order valence-corrected chi connectivity index (χ3v) is 1.60. The van der Waals surface area contributed by atoms with Crippen LogP contribution in [0.15, 0.2) is 24.3 Å². The summed E-state index contributed by atoms with van der Waals surface area (Å²) in [6.45, 7) is 9.61. The summed E-state index contributed by atoms with van der Waals surface area (Å²) >= 11 is 0. The lowest BCUT2D eigenvalue weighted by Crippen LogP contribution is -1.81. The van der Waals surface area contributed by atoms with Gasteiger partial charge in [-0.3, -0.25) is 0 Å². The highest BCUT2D eigenvalue weighted by Gasteiger charge is 1.92. The van der Waals surface area contributed by atoms with Crippen LogP contribution in [0.5, 0.6) is 0 Å². The fourth-order valence-corrected chi connectivity index (χ4v) is 0.996. The van der Waals surface area contributed by atoms with Gasteiger partial charge in [0.2, 0.25) is 0 Å². The maximum Gasteiger partial charge on any atom is -0.0225 e. The topological polar surface area (TPSA) is 0 Å². The van der Waals surface area contributed by atoms with Gasteiger partial charge >= 0.3 is 0 Å². The Morgan fingerprint density at radius 3 is 2.73 bits per heavy atom. The summed E-state index contributed by atoms with van der Waals surface area (Å²) in [5.41, 5.74) is 3.46. The maximum absolute atomic E-state index is 3.90. The van der Waals surface area contributed by atoms with Crippen LogP contribution in [0.2, 0.25) is 0 Å². The zero-order valence-corrected chi connectivity index (χ0v) is 6.80. The molecule has 1 aromatic carbocycles. The van der Waals surface area contributed by atoms with E-state index in [1.807, 2.05) is 12.1 Å². The quantitative estimate of drug-likeness (QED) is 0.568. The largest absolute Gasteiger partial charge is 0.0836 e. The van der Waals surface area contributed by atoms with Gasteiger partial charge in [0, 0.05) is 0 Å². The first-order chi connectivity index (χ1) is 5.24. The van der Waals surface area contributed by atoms with Gasteiger partial charge in [-0.2, -0.15) is 0 Å². The lowest BCUT2D eigenvalue weighted by Gasteiger charge is -2.00. The molecule has 0 saturated heterocycles. The van der Waals surface area contributed by atoms with Crippen LogP contribution in [0, 0.1) is 20.8 Å². The van der Waals surface area contributed by atoms with E-state index in [9.17, 15) is 0 Å². The van der Waals surface area contributed by atoms with Crippen LogP contribution in [0.25, 0.3) is 6.08 Å². The molecule has 0 N–H and O–H groups in total. The molecule has 0 unspecified atom stereocenters. The summed E-state index contributed by atoms with van der Waals surface area (Å²) in [5.74, 6) is 0. The minimum absolute atomic E-state index is 1.05. The van der Waals surface area contributed by atoms with Gasteiger partial charge in [0.25, 0.3) is 0 Å². The Labute approximate surface area is 68.6 Å². The molecule has 0 aromatic heterocycles. The predicted octanol–water partition coefficient (Wildman–Crippen LogP) is 3.02. The SMILES string of the molecule is [CH2]/C=C\c1cc(C)ccc1[CH2]. The maximum atomic E-state index is 3.90. The third-order valence-electron chi connectivity index (χ3n) is 1.60. The van der Waals surface area contributed by atoms with E-state index in [0.717, 1.165) is 11.1 Å². The van der Waals surface area contributed by atoms with Crippen LogP contribution in [-0.2, 0) is 0 Å². The summed E-state index contributed by atoms with van der Waals surface area (Å²) in [6, 6.07) is 6.18. The summed E-state index contributed by atoms with van der Waals surface area (Å²) in [5, 5.41) is 0. The number of allylic oxidation sites excluding steroid dienone is 1. The molecule has 11 heavy (non-hydrogen) atoms. The Kier molecular flexibility index (Phi) is 2.48. The van der Waals surface area contributed by atoms with Gasteiger partial charge < -0.3 is 0 Å². The van der Waals surface area contributed by atoms with Crippen molar-refractivity contribution in [3.63, 3.8) is 0 Å². The molecule has 56 valence electrons. The van der Waals surface area contributed by atoms with Crippen molar-refractivity contribution in [1.82, 2.24) is 0 Å². The van der Waals surface area contributed by atoms with Crippen molar-refractivity contribution in [2.75, 3.05) is 0 Å². The Morgan fingerprint density at radius 1 is 1.36 bits per heavy atom. The van der Waals surface area contributed by atoms with E-state index in [4.69, 9.17) is 0 Å². The van der Waals surface area contributed by atoms with E-state index < -0.39 is 0 Å². The Bertz CT molecular complexity index is 269. The molecule has 1 aromatic rings. The smallest absolute Gasteiger partial charge is 0.0225 e. The Morgan fingerprint density at radius 2 is 2.09 bits per heavy atom. The van der Waals surface area contributed by atoms with Gasteiger partial charge in [0.05, 0.1) is 0 Å². The zero-order chi connectivity index (χ0) is 8.27. The lowest BCUT2D eigenvalue weighted by molar-refractivity contribution is 1.43. The van der Waals surface area contributed by atoms with Gasteiger partial charge in [0.1, 0.15) is 0 Å². The number of aryl methyl sites for hydroxylation is 1. The Balaban J connectivity index is 3.12. The Hall–Kier alpha value is -1.04. The van der Waals surface area contributed by atoms with Gasteiger partial charge in [0.15, 0.2) is 0 Å². The summed E-state index contributed by atoms with van der Waals surface area (Å²) in [6.07, 6.45) is 3.75. The molecule has 0 aliphatic heterocycles. The first-order valence-corrected chi connectivity index (χ1v) is 3.62. The molecule has 0 atom stereocenters. The second-order valence-electron chi connectivity index (χ2n) is 2.60. The third kappa shape index (κ3) is 1.94. The molecule has 0 bridgehead atoms. The molecule has 2 radical (unpaired) electrons. The zero-order valence-electron chi connectivity index (χ0n) is 6.80. The molecule has 0 heteroatoms. The molecule has 0 heterocycles. The average molecular weight is 144 g/mol. The van der Waals surface area contributed by atoms with Crippen molar-refractivity contribution in [3.8, 4) is 0 Å². The van der Waals surface area contributed by atoms with Gasteiger partial charge in [-0.25, -0.2) is 0 Å². The van der Waals surface area contributed by atoms with E-state index in [1.165, 1.54) is 5.56 Å². The number of rotatable bonds is 1. The predicted molar refractivity (Wildman–Crippen MR) is 50.0 cm³/mol.